The van der Waals surface area contributed by atoms with E-state index in [1.54, 1.807) is 46.0 Å². The van der Waals surface area contributed by atoms with Gasteiger partial charge in [0.15, 0.2) is 0 Å². The maximum Gasteiger partial charge on any atom is 0.494 e. The molecule has 0 bridgehead atoms. The molecule has 2 aromatic rings. The van der Waals surface area contributed by atoms with E-state index in [1.165, 1.54) is 9.36 Å². The number of hydrogen-bond acceptors (Lipinski definition) is 5. The van der Waals surface area contributed by atoms with Gasteiger partial charge in [-0.05, 0) is 66.1 Å². The molecule has 0 spiro atoms. The minimum absolute atomic E-state index is 0.267. The summed E-state index contributed by atoms with van der Waals surface area (Å²) in [6, 6.07) is 5.24. The second-order valence-corrected chi connectivity index (χ2v) is 8.99. The molecule has 0 unspecified atom stereocenters. The lowest BCUT2D eigenvalue weighted by Crippen LogP contribution is -2.41. The van der Waals surface area contributed by atoms with Crippen LogP contribution in [0.15, 0.2) is 23.0 Å². The summed E-state index contributed by atoms with van der Waals surface area (Å²) < 4.78 is 20.1. The zero-order valence-electron chi connectivity index (χ0n) is 17.2. The number of aromatic nitrogens is 2. The fourth-order valence-electron chi connectivity index (χ4n) is 2.98. The predicted octanol–water partition coefficient (Wildman–Crippen LogP) is 2.42. The first-order valence-electron chi connectivity index (χ1n) is 9.04. The van der Waals surface area contributed by atoms with Crippen LogP contribution in [0.2, 0.25) is 0 Å². The van der Waals surface area contributed by atoms with Crippen LogP contribution in [0.4, 0.5) is 4.79 Å². The Morgan fingerprint density at radius 2 is 1.67 bits per heavy atom. The molecule has 1 aliphatic rings. The Kier molecular flexibility index (Phi) is 4.36. The molecule has 8 heteroatoms. The van der Waals surface area contributed by atoms with Gasteiger partial charge in [-0.25, -0.2) is 9.48 Å². The van der Waals surface area contributed by atoms with Gasteiger partial charge < -0.3 is 14.0 Å². The number of carbonyl (C=O) groups excluding carboxylic acids is 1. The molecule has 7 nitrogen and oxygen atoms in total. The van der Waals surface area contributed by atoms with E-state index in [4.69, 9.17) is 14.0 Å². The SMILES string of the molecule is Cn1c(=O)c2ccc(B3OC(C)(C)C(C)(C)O3)cc2n1C(=O)OC(C)(C)C. The number of ether oxygens (including phenoxy) is 1. The van der Waals surface area contributed by atoms with E-state index in [-0.39, 0.29) is 5.56 Å². The van der Waals surface area contributed by atoms with Crippen LogP contribution in [0.1, 0.15) is 48.5 Å². The van der Waals surface area contributed by atoms with Crippen molar-refractivity contribution >= 4 is 29.6 Å². The van der Waals surface area contributed by atoms with Gasteiger partial charge >= 0.3 is 13.2 Å². The summed E-state index contributed by atoms with van der Waals surface area (Å²) in [6.07, 6.45) is -0.608. The van der Waals surface area contributed by atoms with Crippen LogP contribution < -0.4 is 11.0 Å². The Morgan fingerprint density at radius 1 is 1.11 bits per heavy atom. The summed E-state index contributed by atoms with van der Waals surface area (Å²) in [4.78, 5) is 25.2. The third kappa shape index (κ3) is 3.32. The molecule has 0 atom stereocenters. The Morgan fingerprint density at radius 3 is 2.19 bits per heavy atom. The minimum Gasteiger partial charge on any atom is -0.442 e. The molecule has 0 saturated carbocycles. The molecule has 1 aliphatic heterocycles. The summed E-state index contributed by atoms with van der Waals surface area (Å²) in [5.74, 6) is 0. The zero-order valence-corrected chi connectivity index (χ0v) is 17.2. The van der Waals surface area contributed by atoms with Gasteiger partial charge in [0.1, 0.15) is 5.60 Å². The van der Waals surface area contributed by atoms with Crippen LogP contribution in [-0.2, 0) is 21.1 Å². The first kappa shape index (κ1) is 19.7. The van der Waals surface area contributed by atoms with Crippen LogP contribution in [0.25, 0.3) is 10.9 Å². The molecule has 1 fully saturated rings. The Labute approximate surface area is 159 Å². The van der Waals surface area contributed by atoms with Crippen molar-refractivity contribution in [3.63, 3.8) is 0 Å². The second kappa shape index (κ2) is 5.97. The molecule has 146 valence electrons. The van der Waals surface area contributed by atoms with Gasteiger partial charge in [-0.3, -0.25) is 4.79 Å². The number of rotatable bonds is 1. The van der Waals surface area contributed by atoms with E-state index in [1.807, 2.05) is 27.7 Å². The smallest absolute Gasteiger partial charge is 0.442 e. The van der Waals surface area contributed by atoms with Gasteiger partial charge in [0.25, 0.3) is 5.56 Å². The van der Waals surface area contributed by atoms with Crippen molar-refractivity contribution in [3.8, 4) is 0 Å². The lowest BCUT2D eigenvalue weighted by Gasteiger charge is -2.32. The molecule has 1 aromatic carbocycles. The van der Waals surface area contributed by atoms with Crippen molar-refractivity contribution in [2.75, 3.05) is 0 Å². The maximum absolute atomic E-state index is 12.7. The molecule has 3 rings (SSSR count). The van der Waals surface area contributed by atoms with Crippen molar-refractivity contribution in [2.24, 2.45) is 7.05 Å². The second-order valence-electron chi connectivity index (χ2n) is 8.99. The largest absolute Gasteiger partial charge is 0.494 e. The Balaban J connectivity index is 2.09. The van der Waals surface area contributed by atoms with Gasteiger partial charge in [-0.15, -0.1) is 0 Å². The van der Waals surface area contributed by atoms with Crippen molar-refractivity contribution in [2.45, 2.75) is 65.3 Å². The van der Waals surface area contributed by atoms with E-state index in [0.29, 0.717) is 10.9 Å². The minimum atomic E-state index is -0.674. The van der Waals surface area contributed by atoms with E-state index in [9.17, 15) is 9.59 Å². The third-order valence-electron chi connectivity index (χ3n) is 5.17. The zero-order chi connectivity index (χ0) is 20.4. The quantitative estimate of drug-likeness (QED) is 0.717. The summed E-state index contributed by atoms with van der Waals surface area (Å²) in [7, 11) is 0.961. The summed E-state index contributed by atoms with van der Waals surface area (Å²) in [6.45, 7) is 13.3. The van der Waals surface area contributed by atoms with E-state index < -0.39 is 30.0 Å². The lowest BCUT2D eigenvalue weighted by molar-refractivity contribution is 0.00578. The van der Waals surface area contributed by atoms with Crippen molar-refractivity contribution in [1.29, 1.82) is 0 Å². The molecule has 0 N–H and O–H groups in total. The van der Waals surface area contributed by atoms with Gasteiger partial charge in [-0.1, -0.05) is 6.07 Å². The maximum atomic E-state index is 12.7. The molecule has 27 heavy (non-hydrogen) atoms. The van der Waals surface area contributed by atoms with Crippen LogP contribution >= 0.6 is 0 Å². The predicted molar refractivity (Wildman–Crippen MR) is 105 cm³/mol. The highest BCUT2D eigenvalue weighted by Crippen LogP contribution is 2.36. The fraction of sp³-hybridized carbons (Fsp3) is 0.579. The van der Waals surface area contributed by atoms with E-state index >= 15 is 0 Å². The number of nitrogens with zero attached hydrogens (tertiary/aromatic N) is 2. The summed E-state index contributed by atoms with van der Waals surface area (Å²) in [5.41, 5.74) is -0.695. The molecule has 2 heterocycles. The van der Waals surface area contributed by atoms with Crippen LogP contribution in [0.3, 0.4) is 0 Å². The van der Waals surface area contributed by atoms with Crippen LogP contribution in [0.5, 0.6) is 0 Å². The van der Waals surface area contributed by atoms with Gasteiger partial charge in [0.05, 0.1) is 22.1 Å². The molecule has 0 amide bonds. The molecule has 0 radical (unpaired) electrons. The highest BCUT2D eigenvalue weighted by atomic mass is 16.7. The van der Waals surface area contributed by atoms with Gasteiger partial charge in [0.2, 0.25) is 0 Å². The number of fused-ring (bicyclic) bond motifs is 1. The summed E-state index contributed by atoms with van der Waals surface area (Å²) in [5, 5.41) is 0.434. The van der Waals surface area contributed by atoms with Crippen molar-refractivity contribution in [3.05, 3.63) is 28.6 Å². The molecule has 1 saturated heterocycles. The van der Waals surface area contributed by atoms with Gasteiger partial charge in [-0.2, -0.15) is 4.68 Å². The molecular weight excluding hydrogens is 347 g/mol. The highest BCUT2D eigenvalue weighted by Gasteiger charge is 2.51. The third-order valence-corrected chi connectivity index (χ3v) is 5.17. The lowest BCUT2D eigenvalue weighted by atomic mass is 9.79. The standard InChI is InChI=1S/C19H27BN2O5/c1-17(2,3)25-16(24)22-14-11-12(9-10-13(14)15(23)21(22)8)20-26-18(4,5)19(6,7)27-20/h9-11H,1-8H3. The molecule has 0 aliphatic carbocycles. The molecular formula is C19H27BN2O5. The number of benzene rings is 1. The normalized spacial score (nSPS) is 18.9. The molecule has 1 aromatic heterocycles. The Hall–Kier alpha value is -2.06. The van der Waals surface area contributed by atoms with Crippen LogP contribution in [0, 0.1) is 0 Å². The first-order chi connectivity index (χ1) is 12.2. The van der Waals surface area contributed by atoms with E-state index in [0.717, 1.165) is 5.46 Å². The van der Waals surface area contributed by atoms with E-state index in [2.05, 4.69) is 0 Å². The number of hydrogen-bond donors (Lipinski definition) is 0. The number of carbonyl (C=O) groups is 1. The van der Waals surface area contributed by atoms with Gasteiger partial charge in [0, 0.05) is 7.05 Å². The van der Waals surface area contributed by atoms with Crippen molar-refractivity contribution in [1.82, 2.24) is 9.36 Å². The highest BCUT2D eigenvalue weighted by molar-refractivity contribution is 6.62. The Bertz CT molecular complexity index is 949. The topological polar surface area (TPSA) is 71.7 Å². The average Bonchev–Trinajstić information content (AvgIpc) is 2.87. The monoisotopic (exact) mass is 374 g/mol. The fourth-order valence-corrected chi connectivity index (χ4v) is 2.98. The first-order valence-corrected chi connectivity index (χ1v) is 9.04. The average molecular weight is 374 g/mol. The van der Waals surface area contributed by atoms with Crippen molar-refractivity contribution < 1.29 is 18.8 Å². The summed E-state index contributed by atoms with van der Waals surface area (Å²) >= 11 is 0. The van der Waals surface area contributed by atoms with Crippen LogP contribution in [-0.4, -0.2) is 39.4 Å².